The van der Waals surface area contributed by atoms with Crippen LogP contribution in [0.15, 0.2) is 15.9 Å². The predicted molar refractivity (Wildman–Crippen MR) is 76.9 cm³/mol. The molecule has 0 aliphatic carbocycles. The van der Waals surface area contributed by atoms with Gasteiger partial charge in [-0.25, -0.2) is 0 Å². The number of nitrogens with zero attached hydrogens (tertiary/aromatic N) is 2. The van der Waals surface area contributed by atoms with Crippen LogP contribution in [0.1, 0.15) is 41.3 Å². The van der Waals surface area contributed by atoms with E-state index in [1.54, 1.807) is 11.3 Å². The van der Waals surface area contributed by atoms with Gasteiger partial charge in [0.15, 0.2) is 0 Å². The highest BCUT2D eigenvalue weighted by Crippen LogP contribution is 2.36. The smallest absolute Gasteiger partial charge is 0.0832 e. The molecule has 1 N–H and O–H groups in total. The van der Waals surface area contributed by atoms with Gasteiger partial charge >= 0.3 is 0 Å². The van der Waals surface area contributed by atoms with Gasteiger partial charge < -0.3 is 5.32 Å². The van der Waals surface area contributed by atoms with Crippen molar-refractivity contribution in [2.24, 2.45) is 0 Å². The zero-order valence-corrected chi connectivity index (χ0v) is 13.1. The summed E-state index contributed by atoms with van der Waals surface area (Å²) in [6.45, 7) is 4.30. The Labute approximate surface area is 118 Å². The summed E-state index contributed by atoms with van der Waals surface area (Å²) < 4.78 is 5.24. The standard InChI is InChI=1S/C11H14BrN3S2/c1-6(2)8-11(17-15-14-8)9(13-3)10-7(12)4-5-16-10/h4-6,9,13H,1-3H3. The molecule has 17 heavy (non-hydrogen) atoms. The van der Waals surface area contributed by atoms with Crippen molar-refractivity contribution in [3.8, 4) is 0 Å². The van der Waals surface area contributed by atoms with E-state index >= 15 is 0 Å². The Hall–Kier alpha value is -0.300. The molecule has 0 spiro atoms. The first kappa shape index (κ1) is 13.1. The van der Waals surface area contributed by atoms with E-state index in [1.165, 1.54) is 21.3 Å². The molecule has 6 heteroatoms. The number of aromatic nitrogens is 2. The van der Waals surface area contributed by atoms with Crippen molar-refractivity contribution in [2.75, 3.05) is 7.05 Å². The van der Waals surface area contributed by atoms with Gasteiger partial charge in [0.05, 0.1) is 16.6 Å². The molecular formula is C11H14BrN3S2. The van der Waals surface area contributed by atoms with E-state index in [0.717, 1.165) is 10.2 Å². The van der Waals surface area contributed by atoms with Crippen LogP contribution in [0.25, 0.3) is 0 Å². The number of nitrogens with one attached hydrogen (secondary N) is 1. The average molecular weight is 332 g/mol. The lowest BCUT2D eigenvalue weighted by molar-refractivity contribution is 0.686. The zero-order valence-electron chi connectivity index (χ0n) is 9.90. The molecular weight excluding hydrogens is 318 g/mol. The van der Waals surface area contributed by atoms with Crippen LogP contribution in [0.2, 0.25) is 0 Å². The van der Waals surface area contributed by atoms with Gasteiger partial charge in [0.1, 0.15) is 0 Å². The third kappa shape index (κ3) is 2.59. The third-order valence-electron chi connectivity index (χ3n) is 2.54. The van der Waals surface area contributed by atoms with Gasteiger partial charge in [-0.15, -0.1) is 16.4 Å². The van der Waals surface area contributed by atoms with Crippen molar-refractivity contribution in [3.63, 3.8) is 0 Å². The van der Waals surface area contributed by atoms with Crippen LogP contribution in [-0.2, 0) is 0 Å². The lowest BCUT2D eigenvalue weighted by Gasteiger charge is -2.15. The fourth-order valence-electron chi connectivity index (χ4n) is 1.70. The lowest BCUT2D eigenvalue weighted by atomic mass is 10.1. The minimum Gasteiger partial charge on any atom is -0.308 e. The van der Waals surface area contributed by atoms with Gasteiger partial charge in [-0.2, -0.15) is 0 Å². The number of hydrogen-bond donors (Lipinski definition) is 1. The van der Waals surface area contributed by atoms with Crippen LogP contribution < -0.4 is 5.32 Å². The van der Waals surface area contributed by atoms with E-state index in [0.29, 0.717) is 5.92 Å². The molecule has 0 aliphatic rings. The summed E-state index contributed by atoms with van der Waals surface area (Å²) in [6, 6.07) is 2.26. The number of rotatable bonds is 4. The van der Waals surface area contributed by atoms with Crippen LogP contribution >= 0.6 is 38.8 Å². The Kier molecular flexibility index (Phi) is 4.30. The van der Waals surface area contributed by atoms with Crippen molar-refractivity contribution < 1.29 is 0 Å². The molecule has 0 fully saturated rings. The Morgan fingerprint density at radius 2 is 2.12 bits per heavy atom. The Morgan fingerprint density at radius 3 is 2.65 bits per heavy atom. The maximum absolute atomic E-state index is 4.24. The summed E-state index contributed by atoms with van der Waals surface area (Å²) in [7, 11) is 1.97. The second-order valence-electron chi connectivity index (χ2n) is 4.03. The van der Waals surface area contributed by atoms with Crippen molar-refractivity contribution in [1.29, 1.82) is 0 Å². The number of halogens is 1. The van der Waals surface area contributed by atoms with E-state index in [-0.39, 0.29) is 6.04 Å². The Morgan fingerprint density at radius 1 is 1.35 bits per heavy atom. The molecule has 0 amide bonds. The van der Waals surface area contributed by atoms with Gasteiger partial charge in [-0.3, -0.25) is 0 Å². The Balaban J connectivity index is 2.43. The minimum absolute atomic E-state index is 0.182. The van der Waals surface area contributed by atoms with Crippen LogP contribution in [0.4, 0.5) is 0 Å². The fraction of sp³-hybridized carbons (Fsp3) is 0.455. The van der Waals surface area contributed by atoms with E-state index in [9.17, 15) is 0 Å². The molecule has 0 saturated carbocycles. The third-order valence-corrected chi connectivity index (χ3v) is 5.29. The second-order valence-corrected chi connectivity index (χ2v) is 6.62. The summed E-state index contributed by atoms with van der Waals surface area (Å²) >= 11 is 6.81. The Bertz CT molecular complexity index is 492. The van der Waals surface area contributed by atoms with Crippen LogP contribution in [0.3, 0.4) is 0 Å². The quantitative estimate of drug-likeness (QED) is 0.926. The molecule has 2 aromatic rings. The van der Waals surface area contributed by atoms with Gasteiger partial charge in [-0.1, -0.05) is 18.3 Å². The average Bonchev–Trinajstić information content (AvgIpc) is 2.90. The molecule has 0 saturated heterocycles. The first-order chi connectivity index (χ1) is 8.15. The van der Waals surface area contributed by atoms with Gasteiger partial charge in [0.25, 0.3) is 0 Å². The summed E-state index contributed by atoms with van der Waals surface area (Å²) in [5.74, 6) is 0.401. The van der Waals surface area contributed by atoms with Gasteiger partial charge in [-0.05, 0) is 51.9 Å². The topological polar surface area (TPSA) is 37.8 Å². The highest BCUT2D eigenvalue weighted by molar-refractivity contribution is 9.10. The summed E-state index contributed by atoms with van der Waals surface area (Å²) in [5.41, 5.74) is 1.09. The summed E-state index contributed by atoms with van der Waals surface area (Å²) in [5, 5.41) is 9.69. The maximum atomic E-state index is 4.24. The van der Waals surface area contributed by atoms with Crippen molar-refractivity contribution in [1.82, 2.24) is 14.9 Å². The highest BCUT2D eigenvalue weighted by Gasteiger charge is 2.23. The predicted octanol–water partition coefficient (Wildman–Crippen LogP) is 3.79. The van der Waals surface area contributed by atoms with E-state index in [4.69, 9.17) is 0 Å². The molecule has 0 aliphatic heterocycles. The first-order valence-corrected chi connectivity index (χ1v) is 7.82. The molecule has 0 radical (unpaired) electrons. The highest BCUT2D eigenvalue weighted by atomic mass is 79.9. The molecule has 1 atom stereocenters. The summed E-state index contributed by atoms with van der Waals surface area (Å²) in [4.78, 5) is 2.49. The SMILES string of the molecule is CNC(c1sccc1Br)c1snnc1C(C)C. The molecule has 1 unspecified atom stereocenters. The maximum Gasteiger partial charge on any atom is 0.0832 e. The van der Waals surface area contributed by atoms with Crippen LogP contribution in [0.5, 0.6) is 0 Å². The van der Waals surface area contributed by atoms with E-state index in [1.807, 2.05) is 7.05 Å². The van der Waals surface area contributed by atoms with Gasteiger partial charge in [0.2, 0.25) is 0 Å². The lowest BCUT2D eigenvalue weighted by Crippen LogP contribution is -2.17. The number of hydrogen-bond acceptors (Lipinski definition) is 5. The second kappa shape index (κ2) is 5.56. The van der Waals surface area contributed by atoms with E-state index in [2.05, 4.69) is 56.1 Å². The van der Waals surface area contributed by atoms with Crippen LogP contribution in [-0.4, -0.2) is 16.6 Å². The number of thiophene rings is 1. The van der Waals surface area contributed by atoms with E-state index < -0.39 is 0 Å². The molecule has 3 nitrogen and oxygen atoms in total. The molecule has 0 aromatic carbocycles. The largest absolute Gasteiger partial charge is 0.308 e. The monoisotopic (exact) mass is 331 g/mol. The fourth-order valence-corrected chi connectivity index (χ4v) is 4.42. The van der Waals surface area contributed by atoms with Crippen LogP contribution in [0, 0.1) is 0 Å². The zero-order chi connectivity index (χ0) is 12.4. The normalized spacial score (nSPS) is 13.2. The summed E-state index contributed by atoms with van der Waals surface area (Å²) in [6.07, 6.45) is 0. The molecule has 2 aromatic heterocycles. The van der Waals surface area contributed by atoms with Gasteiger partial charge in [0, 0.05) is 9.35 Å². The van der Waals surface area contributed by atoms with Crippen molar-refractivity contribution in [3.05, 3.63) is 31.4 Å². The first-order valence-electron chi connectivity index (χ1n) is 5.37. The molecule has 2 rings (SSSR count). The minimum atomic E-state index is 0.182. The van der Waals surface area contributed by atoms with Crippen molar-refractivity contribution in [2.45, 2.75) is 25.8 Å². The molecule has 2 heterocycles. The molecule has 92 valence electrons. The molecule has 0 bridgehead atoms. The van der Waals surface area contributed by atoms with Crippen molar-refractivity contribution >= 4 is 38.8 Å².